The summed E-state index contributed by atoms with van der Waals surface area (Å²) < 4.78 is 8.27. The lowest BCUT2D eigenvalue weighted by atomic mass is 10.1. The van der Waals surface area contributed by atoms with E-state index in [1.807, 2.05) is 6.92 Å². The van der Waals surface area contributed by atoms with Crippen LogP contribution in [-0.4, -0.2) is 37.7 Å². The van der Waals surface area contributed by atoms with Gasteiger partial charge in [-0.05, 0) is 24.6 Å². The lowest BCUT2D eigenvalue weighted by Crippen LogP contribution is -2.20. The van der Waals surface area contributed by atoms with E-state index in [0.717, 1.165) is 16.8 Å². The van der Waals surface area contributed by atoms with Crippen LogP contribution in [0.15, 0.2) is 36.7 Å². The van der Waals surface area contributed by atoms with Crippen LogP contribution < -0.4 is 10.1 Å². The van der Waals surface area contributed by atoms with Gasteiger partial charge in [-0.25, -0.2) is 0 Å². The van der Waals surface area contributed by atoms with Crippen LogP contribution in [0.5, 0.6) is 11.5 Å². The number of methoxy groups -OCH3 is 1. The van der Waals surface area contributed by atoms with E-state index < -0.39 is 0 Å². The Hall–Kier alpha value is -3.29. The van der Waals surface area contributed by atoms with Crippen molar-refractivity contribution in [1.29, 1.82) is 0 Å². The van der Waals surface area contributed by atoms with Gasteiger partial charge in [0.25, 0.3) is 0 Å². The summed E-state index contributed by atoms with van der Waals surface area (Å²) in [6, 6.07) is 6.84. The molecular weight excluding hydrogens is 322 g/mol. The molecule has 1 aromatic carbocycles. The molecule has 0 spiro atoms. The highest BCUT2D eigenvalue weighted by Gasteiger charge is 2.10. The fourth-order valence-corrected chi connectivity index (χ4v) is 2.51. The predicted octanol–water partition coefficient (Wildman–Crippen LogP) is 1.94. The molecule has 0 saturated carbocycles. The number of ether oxygens (including phenoxy) is 1. The molecule has 8 heteroatoms. The number of aromatic hydroxyl groups is 1. The van der Waals surface area contributed by atoms with Gasteiger partial charge in [0.1, 0.15) is 12.4 Å². The quantitative estimate of drug-likeness (QED) is 0.740. The van der Waals surface area contributed by atoms with Crippen LogP contribution in [-0.2, 0) is 18.4 Å². The number of rotatable bonds is 5. The molecule has 0 fully saturated rings. The maximum atomic E-state index is 12.2. The molecule has 0 aliphatic heterocycles. The molecule has 0 saturated heterocycles. The van der Waals surface area contributed by atoms with E-state index in [-0.39, 0.29) is 18.2 Å². The monoisotopic (exact) mass is 341 g/mol. The van der Waals surface area contributed by atoms with E-state index in [1.165, 1.54) is 7.11 Å². The smallest absolute Gasteiger partial charge is 0.247 e. The number of anilines is 1. The third-order valence-corrected chi connectivity index (χ3v) is 3.72. The fraction of sp³-hybridized carbons (Fsp3) is 0.235. The Morgan fingerprint density at radius 2 is 2.12 bits per heavy atom. The number of hydrogen-bond acceptors (Lipinski definition) is 5. The summed E-state index contributed by atoms with van der Waals surface area (Å²) in [6.45, 7) is 1.95. The fourth-order valence-electron chi connectivity index (χ4n) is 2.51. The molecule has 0 radical (unpaired) electrons. The average molecular weight is 341 g/mol. The first-order valence-electron chi connectivity index (χ1n) is 7.66. The van der Waals surface area contributed by atoms with Crippen molar-refractivity contribution < 1.29 is 14.6 Å². The first-order chi connectivity index (χ1) is 12.0. The van der Waals surface area contributed by atoms with Crippen LogP contribution in [0.4, 0.5) is 5.82 Å². The maximum Gasteiger partial charge on any atom is 0.247 e. The molecule has 3 aromatic rings. The largest absolute Gasteiger partial charge is 0.504 e. The van der Waals surface area contributed by atoms with E-state index in [2.05, 4.69) is 15.5 Å². The van der Waals surface area contributed by atoms with Gasteiger partial charge >= 0.3 is 0 Å². The first kappa shape index (κ1) is 16.6. The van der Waals surface area contributed by atoms with Gasteiger partial charge in [0, 0.05) is 24.9 Å². The molecule has 3 rings (SSSR count). The number of aromatic nitrogens is 4. The van der Waals surface area contributed by atoms with Crippen molar-refractivity contribution in [3.63, 3.8) is 0 Å². The van der Waals surface area contributed by atoms with E-state index in [9.17, 15) is 9.90 Å². The second kappa shape index (κ2) is 6.68. The third kappa shape index (κ3) is 3.63. The van der Waals surface area contributed by atoms with Crippen LogP contribution in [0.3, 0.4) is 0 Å². The highest BCUT2D eigenvalue weighted by Crippen LogP contribution is 2.31. The normalized spacial score (nSPS) is 10.7. The molecule has 0 atom stereocenters. The minimum Gasteiger partial charge on any atom is -0.504 e. The minimum absolute atomic E-state index is 0.0736. The Morgan fingerprint density at radius 3 is 2.80 bits per heavy atom. The molecule has 25 heavy (non-hydrogen) atoms. The summed E-state index contributed by atoms with van der Waals surface area (Å²) in [5.41, 5.74) is 2.49. The highest BCUT2D eigenvalue weighted by molar-refractivity contribution is 5.89. The summed E-state index contributed by atoms with van der Waals surface area (Å²) in [5.74, 6) is 0.901. The number of benzene rings is 1. The van der Waals surface area contributed by atoms with E-state index in [4.69, 9.17) is 4.74 Å². The van der Waals surface area contributed by atoms with Gasteiger partial charge < -0.3 is 15.2 Å². The molecule has 0 aliphatic rings. The molecule has 0 unspecified atom stereocenters. The zero-order valence-electron chi connectivity index (χ0n) is 14.2. The number of carbonyl (C=O) groups is 1. The molecule has 130 valence electrons. The number of phenols is 1. The highest BCUT2D eigenvalue weighted by atomic mass is 16.5. The van der Waals surface area contributed by atoms with Crippen molar-refractivity contribution >= 4 is 11.7 Å². The molecule has 0 aliphatic carbocycles. The minimum atomic E-state index is -0.194. The molecular formula is C17H19N5O3. The number of hydrogen-bond donors (Lipinski definition) is 2. The van der Waals surface area contributed by atoms with E-state index >= 15 is 0 Å². The lowest BCUT2D eigenvalue weighted by molar-refractivity contribution is -0.116. The van der Waals surface area contributed by atoms with Crippen molar-refractivity contribution in [3.05, 3.63) is 42.4 Å². The van der Waals surface area contributed by atoms with Crippen molar-refractivity contribution in [1.82, 2.24) is 19.6 Å². The van der Waals surface area contributed by atoms with Crippen molar-refractivity contribution in [3.8, 4) is 22.6 Å². The average Bonchev–Trinajstić information content (AvgIpc) is 3.14. The number of carbonyl (C=O) groups excluding carboxylic acids is 1. The zero-order chi connectivity index (χ0) is 18.0. The molecule has 1 amide bonds. The van der Waals surface area contributed by atoms with Gasteiger partial charge in [0.15, 0.2) is 11.5 Å². The summed E-state index contributed by atoms with van der Waals surface area (Å²) in [5, 5.41) is 20.9. The van der Waals surface area contributed by atoms with Crippen molar-refractivity contribution in [2.45, 2.75) is 13.5 Å². The summed E-state index contributed by atoms with van der Waals surface area (Å²) in [4.78, 5) is 12.2. The number of amides is 1. The standard InChI is InChI=1S/C17H19N5O3/c1-11-6-16(21(2)20-11)19-17(24)10-22-9-13(8-18-22)12-4-5-14(23)15(7-12)25-3/h4-9,23H,10H2,1-3H3,(H,19,24). The zero-order valence-corrected chi connectivity index (χ0v) is 14.2. The van der Waals surface area contributed by atoms with Gasteiger partial charge in [-0.15, -0.1) is 0 Å². The number of aryl methyl sites for hydroxylation is 2. The van der Waals surface area contributed by atoms with Crippen molar-refractivity contribution in [2.24, 2.45) is 7.05 Å². The van der Waals surface area contributed by atoms with Crippen LogP contribution >= 0.6 is 0 Å². The van der Waals surface area contributed by atoms with E-state index in [1.54, 1.807) is 53.1 Å². The molecule has 2 heterocycles. The summed E-state index contributed by atoms with van der Waals surface area (Å²) >= 11 is 0. The third-order valence-electron chi connectivity index (χ3n) is 3.72. The molecule has 2 aromatic heterocycles. The Kier molecular flexibility index (Phi) is 4.42. The molecule has 0 bridgehead atoms. The Morgan fingerprint density at radius 1 is 1.32 bits per heavy atom. The van der Waals surface area contributed by atoms with Crippen LogP contribution in [0.1, 0.15) is 5.69 Å². The number of nitrogens with one attached hydrogen (secondary N) is 1. The van der Waals surface area contributed by atoms with E-state index in [0.29, 0.717) is 11.6 Å². The van der Waals surface area contributed by atoms with Crippen molar-refractivity contribution in [2.75, 3.05) is 12.4 Å². The Labute approximate surface area is 144 Å². The summed E-state index contributed by atoms with van der Waals surface area (Å²) in [7, 11) is 3.26. The van der Waals surface area contributed by atoms with Gasteiger partial charge in [-0.1, -0.05) is 6.07 Å². The second-order valence-corrected chi connectivity index (χ2v) is 5.66. The Balaban J connectivity index is 1.71. The topological polar surface area (TPSA) is 94.2 Å². The SMILES string of the molecule is COc1cc(-c2cnn(CC(=O)Nc3cc(C)nn3C)c2)ccc1O. The second-order valence-electron chi connectivity index (χ2n) is 5.66. The molecule has 8 nitrogen and oxygen atoms in total. The van der Waals surface area contributed by atoms with Crippen LogP contribution in [0.25, 0.3) is 11.1 Å². The number of nitrogens with zero attached hydrogens (tertiary/aromatic N) is 4. The van der Waals surface area contributed by atoms with Crippen LogP contribution in [0, 0.1) is 6.92 Å². The predicted molar refractivity (Wildman–Crippen MR) is 92.5 cm³/mol. The Bertz CT molecular complexity index is 913. The van der Waals surface area contributed by atoms with Gasteiger partial charge in [0.2, 0.25) is 5.91 Å². The number of phenolic OH excluding ortho intramolecular Hbond substituents is 1. The van der Waals surface area contributed by atoms with Gasteiger partial charge in [-0.3, -0.25) is 14.2 Å². The summed E-state index contributed by atoms with van der Waals surface area (Å²) in [6.07, 6.45) is 3.42. The van der Waals surface area contributed by atoms with Gasteiger partial charge in [0.05, 0.1) is 19.0 Å². The maximum absolute atomic E-state index is 12.2. The first-order valence-corrected chi connectivity index (χ1v) is 7.66. The van der Waals surface area contributed by atoms with Gasteiger partial charge in [-0.2, -0.15) is 10.2 Å². The molecule has 2 N–H and O–H groups in total. The lowest BCUT2D eigenvalue weighted by Gasteiger charge is -2.06. The van der Waals surface area contributed by atoms with Crippen LogP contribution in [0.2, 0.25) is 0 Å².